The third-order valence-electron chi connectivity index (χ3n) is 3.20. The Morgan fingerprint density at radius 1 is 1.13 bits per heavy atom. The van der Waals surface area contributed by atoms with Gasteiger partial charge in [-0.15, -0.1) is 0 Å². The van der Waals surface area contributed by atoms with Gasteiger partial charge in [0.25, 0.3) is 0 Å². The van der Waals surface area contributed by atoms with Crippen LogP contribution in [0.3, 0.4) is 0 Å². The highest BCUT2D eigenvalue weighted by Crippen LogP contribution is 2.30. The predicted molar refractivity (Wildman–Crippen MR) is 79.5 cm³/mol. The molecule has 2 aromatic rings. The van der Waals surface area contributed by atoms with Crippen LogP contribution in [0.15, 0.2) is 48.5 Å². The molecule has 0 spiro atoms. The monoisotopic (exact) mass is 322 g/mol. The Morgan fingerprint density at radius 3 is 2.43 bits per heavy atom. The molecule has 0 aliphatic carbocycles. The van der Waals surface area contributed by atoms with Crippen molar-refractivity contribution in [2.45, 2.75) is 12.8 Å². The van der Waals surface area contributed by atoms with Crippen LogP contribution in [0, 0.1) is 6.42 Å². The molecule has 0 bridgehead atoms. The van der Waals surface area contributed by atoms with Crippen molar-refractivity contribution in [2.24, 2.45) is 5.73 Å². The van der Waals surface area contributed by atoms with Gasteiger partial charge in [-0.25, -0.2) is 0 Å². The SMILES string of the molecule is NC(=O)c1cc(C(F)(F)F)ccc1COC[CH]c1ccccc1. The molecule has 0 atom stereocenters. The van der Waals surface area contributed by atoms with Gasteiger partial charge in [-0.05, 0) is 23.3 Å². The lowest BCUT2D eigenvalue weighted by atomic mass is 10.0. The summed E-state index contributed by atoms with van der Waals surface area (Å²) in [6.45, 7) is 0.267. The number of carbonyl (C=O) groups excluding carboxylic acids is 1. The Labute approximate surface area is 131 Å². The third-order valence-corrected chi connectivity index (χ3v) is 3.20. The van der Waals surface area contributed by atoms with E-state index in [0.29, 0.717) is 5.56 Å². The smallest absolute Gasteiger partial charge is 0.376 e. The average molecular weight is 322 g/mol. The van der Waals surface area contributed by atoms with Gasteiger partial charge in [-0.1, -0.05) is 36.4 Å². The molecule has 0 saturated heterocycles. The Bertz CT molecular complexity index is 669. The maximum atomic E-state index is 12.7. The number of alkyl halides is 3. The number of benzene rings is 2. The van der Waals surface area contributed by atoms with Crippen molar-refractivity contribution >= 4 is 5.91 Å². The lowest BCUT2D eigenvalue weighted by Gasteiger charge is -2.12. The Morgan fingerprint density at radius 2 is 1.83 bits per heavy atom. The second kappa shape index (κ2) is 7.28. The summed E-state index contributed by atoms with van der Waals surface area (Å²) in [5, 5.41) is 0. The first-order chi connectivity index (χ1) is 10.9. The molecule has 3 nitrogen and oxygen atoms in total. The van der Waals surface area contributed by atoms with E-state index in [9.17, 15) is 18.0 Å². The zero-order chi connectivity index (χ0) is 16.9. The normalized spacial score (nSPS) is 11.4. The van der Waals surface area contributed by atoms with E-state index in [-0.39, 0.29) is 18.8 Å². The third kappa shape index (κ3) is 4.82. The van der Waals surface area contributed by atoms with Crippen molar-refractivity contribution in [3.8, 4) is 0 Å². The molecule has 2 rings (SSSR count). The predicted octanol–water partition coefficient (Wildman–Crippen LogP) is 3.57. The van der Waals surface area contributed by atoms with Gasteiger partial charge in [0, 0.05) is 12.0 Å². The summed E-state index contributed by atoms with van der Waals surface area (Å²) in [7, 11) is 0. The molecule has 0 aliphatic heterocycles. The van der Waals surface area contributed by atoms with Gasteiger partial charge in [0.1, 0.15) is 0 Å². The molecular formula is C17H15F3NO2. The number of halogens is 3. The molecule has 1 amide bonds. The quantitative estimate of drug-likeness (QED) is 0.827. The topological polar surface area (TPSA) is 52.3 Å². The summed E-state index contributed by atoms with van der Waals surface area (Å²) < 4.78 is 43.4. The Balaban J connectivity index is 2.00. The fourth-order valence-electron chi connectivity index (χ4n) is 2.02. The van der Waals surface area contributed by atoms with E-state index in [1.165, 1.54) is 6.07 Å². The average Bonchev–Trinajstić information content (AvgIpc) is 2.51. The van der Waals surface area contributed by atoms with Crippen LogP contribution in [0.4, 0.5) is 13.2 Å². The minimum absolute atomic E-state index is 0.000254. The molecule has 1 radical (unpaired) electrons. The molecule has 0 fully saturated rings. The van der Waals surface area contributed by atoms with Crippen LogP contribution in [0.1, 0.15) is 27.0 Å². The van der Waals surface area contributed by atoms with Crippen LogP contribution in [0.25, 0.3) is 0 Å². The van der Waals surface area contributed by atoms with Crippen LogP contribution in [-0.4, -0.2) is 12.5 Å². The number of nitrogens with two attached hydrogens (primary N) is 1. The van der Waals surface area contributed by atoms with Gasteiger partial charge in [-0.3, -0.25) is 4.79 Å². The second-order valence-electron chi connectivity index (χ2n) is 4.86. The zero-order valence-electron chi connectivity index (χ0n) is 12.1. The molecule has 23 heavy (non-hydrogen) atoms. The van der Waals surface area contributed by atoms with Crippen molar-refractivity contribution in [2.75, 3.05) is 6.61 Å². The van der Waals surface area contributed by atoms with Gasteiger partial charge < -0.3 is 10.5 Å². The molecule has 121 valence electrons. The van der Waals surface area contributed by atoms with Gasteiger partial charge in [-0.2, -0.15) is 13.2 Å². The van der Waals surface area contributed by atoms with Gasteiger partial charge >= 0.3 is 6.18 Å². The minimum Gasteiger partial charge on any atom is -0.376 e. The fourth-order valence-corrected chi connectivity index (χ4v) is 2.02. The second-order valence-corrected chi connectivity index (χ2v) is 4.86. The number of amides is 1. The number of carbonyl (C=O) groups is 1. The maximum Gasteiger partial charge on any atom is 0.416 e. The molecule has 0 heterocycles. The fraction of sp³-hybridized carbons (Fsp3) is 0.176. The van der Waals surface area contributed by atoms with Crippen molar-refractivity contribution in [3.05, 3.63) is 77.2 Å². The van der Waals surface area contributed by atoms with Crippen LogP contribution < -0.4 is 5.73 Å². The first-order valence-corrected chi connectivity index (χ1v) is 6.84. The van der Waals surface area contributed by atoms with Gasteiger partial charge in [0.15, 0.2) is 0 Å². The standard InChI is InChI=1S/C17H15F3NO2/c18-17(19,20)14-7-6-13(15(10-14)16(21)22)11-23-9-8-12-4-2-1-3-5-12/h1-8,10H,9,11H2,(H2,21,22). The Kier molecular flexibility index (Phi) is 5.39. The first-order valence-electron chi connectivity index (χ1n) is 6.84. The molecule has 0 aliphatic rings. The number of hydrogen-bond acceptors (Lipinski definition) is 2. The largest absolute Gasteiger partial charge is 0.416 e. The molecule has 2 N–H and O–H groups in total. The minimum atomic E-state index is -4.52. The van der Waals surface area contributed by atoms with Crippen molar-refractivity contribution in [3.63, 3.8) is 0 Å². The summed E-state index contributed by atoms with van der Waals surface area (Å²) >= 11 is 0. The summed E-state index contributed by atoms with van der Waals surface area (Å²) in [5.41, 5.74) is 5.35. The molecular weight excluding hydrogens is 307 g/mol. The highest BCUT2D eigenvalue weighted by atomic mass is 19.4. The highest BCUT2D eigenvalue weighted by Gasteiger charge is 2.31. The molecule has 0 unspecified atom stereocenters. The lowest BCUT2D eigenvalue weighted by Crippen LogP contribution is -2.16. The highest BCUT2D eigenvalue weighted by molar-refractivity contribution is 5.94. The van der Waals surface area contributed by atoms with Crippen molar-refractivity contribution in [1.29, 1.82) is 0 Å². The van der Waals surface area contributed by atoms with E-state index in [2.05, 4.69) is 0 Å². The maximum absolute atomic E-state index is 12.7. The van der Waals surface area contributed by atoms with E-state index in [1.807, 2.05) is 36.8 Å². The summed E-state index contributed by atoms with van der Waals surface area (Å²) in [6, 6.07) is 12.3. The van der Waals surface area contributed by atoms with E-state index >= 15 is 0 Å². The molecule has 2 aromatic carbocycles. The van der Waals surface area contributed by atoms with Crippen LogP contribution in [0.5, 0.6) is 0 Å². The summed E-state index contributed by atoms with van der Waals surface area (Å²) in [6.07, 6.45) is -2.70. The van der Waals surface area contributed by atoms with Crippen LogP contribution >= 0.6 is 0 Å². The van der Waals surface area contributed by atoms with Crippen molar-refractivity contribution < 1.29 is 22.7 Å². The van der Waals surface area contributed by atoms with Crippen LogP contribution in [-0.2, 0) is 17.5 Å². The summed E-state index contributed by atoms with van der Waals surface area (Å²) in [5.74, 6) is -0.915. The zero-order valence-corrected chi connectivity index (χ0v) is 12.1. The van der Waals surface area contributed by atoms with Gasteiger partial charge in [0.05, 0.1) is 18.8 Å². The number of rotatable bonds is 6. The number of primary amides is 1. The Hall–Kier alpha value is -2.34. The molecule has 0 saturated carbocycles. The van der Waals surface area contributed by atoms with Crippen molar-refractivity contribution in [1.82, 2.24) is 0 Å². The summed E-state index contributed by atoms with van der Waals surface area (Å²) in [4.78, 5) is 11.3. The van der Waals surface area contributed by atoms with E-state index in [1.54, 1.807) is 0 Å². The first kappa shape index (κ1) is 17.0. The van der Waals surface area contributed by atoms with Crippen LogP contribution in [0.2, 0.25) is 0 Å². The van der Waals surface area contributed by atoms with E-state index in [4.69, 9.17) is 10.5 Å². The van der Waals surface area contributed by atoms with E-state index in [0.717, 1.165) is 17.7 Å². The number of hydrogen-bond donors (Lipinski definition) is 1. The van der Waals surface area contributed by atoms with Gasteiger partial charge in [0.2, 0.25) is 5.91 Å². The molecule has 6 heteroatoms. The lowest BCUT2D eigenvalue weighted by molar-refractivity contribution is -0.137. The van der Waals surface area contributed by atoms with E-state index < -0.39 is 17.6 Å². The molecule has 0 aromatic heterocycles. The number of ether oxygens (including phenoxy) is 1.